The van der Waals surface area contributed by atoms with Gasteiger partial charge in [-0.15, -0.1) is 11.3 Å². The molecule has 1 aliphatic rings. The Kier molecular flexibility index (Phi) is 5.51. The van der Waals surface area contributed by atoms with Crippen LogP contribution in [0.15, 0.2) is 29.6 Å². The van der Waals surface area contributed by atoms with E-state index in [1.807, 2.05) is 43.5 Å². The summed E-state index contributed by atoms with van der Waals surface area (Å²) >= 11 is 1.52. The standard InChI is InChI=1S/C20H26N2O3S/c1-5-24-16-8-6-15(7-9-16)21-19-22-17(12-26-19)20(4)11-14(10-13(2)3)18(23)25-20/h6-9,12-14H,5,10-11H2,1-4H3,(H,21,22)/t14-,20-/m0/s1. The molecule has 5 nitrogen and oxygen atoms in total. The molecule has 6 heteroatoms. The number of aromatic nitrogens is 1. The molecule has 1 aromatic carbocycles. The van der Waals surface area contributed by atoms with E-state index >= 15 is 0 Å². The van der Waals surface area contributed by atoms with Gasteiger partial charge in [-0.05, 0) is 50.5 Å². The summed E-state index contributed by atoms with van der Waals surface area (Å²) in [4.78, 5) is 16.9. The second-order valence-corrected chi connectivity index (χ2v) is 8.16. The Balaban J connectivity index is 1.68. The van der Waals surface area contributed by atoms with Crippen LogP contribution in [0.3, 0.4) is 0 Å². The fraction of sp³-hybridized carbons (Fsp3) is 0.500. The van der Waals surface area contributed by atoms with Crippen LogP contribution in [-0.2, 0) is 15.1 Å². The maximum Gasteiger partial charge on any atom is 0.310 e. The molecular weight excluding hydrogens is 348 g/mol. The fourth-order valence-electron chi connectivity index (χ4n) is 3.30. The second-order valence-electron chi connectivity index (χ2n) is 7.30. The van der Waals surface area contributed by atoms with Crippen molar-refractivity contribution in [2.75, 3.05) is 11.9 Å². The Bertz CT molecular complexity index is 757. The van der Waals surface area contributed by atoms with Crippen LogP contribution in [0.5, 0.6) is 5.75 Å². The molecule has 0 saturated carbocycles. The van der Waals surface area contributed by atoms with Crippen LogP contribution in [0.1, 0.15) is 46.2 Å². The highest BCUT2D eigenvalue weighted by atomic mass is 32.1. The normalized spacial score (nSPS) is 22.5. The van der Waals surface area contributed by atoms with Crippen molar-refractivity contribution in [1.82, 2.24) is 4.98 Å². The van der Waals surface area contributed by atoms with E-state index in [9.17, 15) is 4.79 Å². The first-order valence-electron chi connectivity index (χ1n) is 9.08. The van der Waals surface area contributed by atoms with Gasteiger partial charge in [-0.1, -0.05) is 13.8 Å². The van der Waals surface area contributed by atoms with Crippen molar-refractivity contribution in [3.63, 3.8) is 0 Å². The summed E-state index contributed by atoms with van der Waals surface area (Å²) in [5.41, 5.74) is 1.13. The number of hydrogen-bond donors (Lipinski definition) is 1. The molecule has 0 amide bonds. The third kappa shape index (κ3) is 4.18. The van der Waals surface area contributed by atoms with E-state index in [2.05, 4.69) is 24.1 Å². The predicted octanol–water partition coefficient (Wildman–Crippen LogP) is 5.11. The lowest BCUT2D eigenvalue weighted by atomic mass is 9.88. The largest absolute Gasteiger partial charge is 0.494 e. The molecule has 0 spiro atoms. The highest BCUT2D eigenvalue weighted by Gasteiger charge is 2.46. The molecule has 1 aromatic heterocycles. The van der Waals surface area contributed by atoms with Crippen LogP contribution in [0.25, 0.3) is 0 Å². The van der Waals surface area contributed by atoms with Gasteiger partial charge < -0.3 is 14.8 Å². The maximum absolute atomic E-state index is 12.2. The first-order chi connectivity index (χ1) is 12.4. The van der Waals surface area contributed by atoms with Crippen LogP contribution in [0.4, 0.5) is 10.8 Å². The average Bonchev–Trinajstić information content (AvgIpc) is 3.15. The van der Waals surface area contributed by atoms with Crippen molar-refractivity contribution >= 4 is 28.1 Å². The molecule has 26 heavy (non-hydrogen) atoms. The lowest BCUT2D eigenvalue weighted by molar-refractivity contribution is -0.150. The number of hydrogen-bond acceptors (Lipinski definition) is 6. The number of carbonyl (C=O) groups is 1. The van der Waals surface area contributed by atoms with Crippen molar-refractivity contribution in [3.8, 4) is 5.75 Å². The zero-order chi connectivity index (χ0) is 18.7. The summed E-state index contributed by atoms with van der Waals surface area (Å²) in [5.74, 6) is 1.18. The predicted molar refractivity (Wildman–Crippen MR) is 104 cm³/mol. The van der Waals surface area contributed by atoms with E-state index in [4.69, 9.17) is 9.47 Å². The van der Waals surface area contributed by atoms with Gasteiger partial charge in [0.25, 0.3) is 0 Å². The van der Waals surface area contributed by atoms with Crippen LogP contribution >= 0.6 is 11.3 Å². The van der Waals surface area contributed by atoms with Gasteiger partial charge >= 0.3 is 5.97 Å². The lowest BCUT2D eigenvalue weighted by Gasteiger charge is -2.20. The van der Waals surface area contributed by atoms with Gasteiger partial charge in [0.15, 0.2) is 10.7 Å². The van der Waals surface area contributed by atoms with Crippen molar-refractivity contribution in [1.29, 1.82) is 0 Å². The number of thiazole rings is 1. The molecule has 0 aliphatic carbocycles. The van der Waals surface area contributed by atoms with E-state index in [1.54, 1.807) is 0 Å². The lowest BCUT2D eigenvalue weighted by Crippen LogP contribution is -2.21. The summed E-state index contributed by atoms with van der Waals surface area (Å²) in [6, 6.07) is 7.78. The first kappa shape index (κ1) is 18.7. The summed E-state index contributed by atoms with van der Waals surface area (Å²) in [7, 11) is 0. The van der Waals surface area contributed by atoms with E-state index < -0.39 is 5.60 Å². The van der Waals surface area contributed by atoms with E-state index in [0.717, 1.165) is 28.7 Å². The van der Waals surface area contributed by atoms with Crippen LogP contribution in [-0.4, -0.2) is 17.6 Å². The molecule has 2 atom stereocenters. The first-order valence-corrected chi connectivity index (χ1v) is 9.96. The summed E-state index contributed by atoms with van der Waals surface area (Å²) in [6.45, 7) is 8.83. The topological polar surface area (TPSA) is 60.5 Å². The minimum atomic E-state index is -0.633. The van der Waals surface area contributed by atoms with Crippen molar-refractivity contribution in [3.05, 3.63) is 35.3 Å². The number of nitrogens with zero attached hydrogens (tertiary/aromatic N) is 1. The number of rotatable bonds is 7. The van der Waals surface area contributed by atoms with Crippen LogP contribution < -0.4 is 10.1 Å². The van der Waals surface area contributed by atoms with Gasteiger partial charge in [-0.2, -0.15) is 0 Å². The Morgan fingerprint density at radius 1 is 1.38 bits per heavy atom. The Labute approximate surface area is 158 Å². The Morgan fingerprint density at radius 2 is 2.12 bits per heavy atom. The van der Waals surface area contributed by atoms with Gasteiger partial charge in [-0.25, -0.2) is 4.98 Å². The minimum absolute atomic E-state index is 0.0378. The van der Waals surface area contributed by atoms with Gasteiger partial charge in [0.05, 0.1) is 18.2 Å². The highest BCUT2D eigenvalue weighted by molar-refractivity contribution is 7.13. The minimum Gasteiger partial charge on any atom is -0.494 e. The van der Waals surface area contributed by atoms with E-state index in [0.29, 0.717) is 18.9 Å². The molecule has 1 saturated heterocycles. The number of nitrogens with one attached hydrogen (secondary N) is 1. The molecule has 2 aromatic rings. The molecular formula is C20H26N2O3S. The molecule has 1 N–H and O–H groups in total. The maximum atomic E-state index is 12.2. The zero-order valence-corrected chi connectivity index (χ0v) is 16.6. The highest BCUT2D eigenvalue weighted by Crippen LogP contribution is 2.42. The SMILES string of the molecule is CCOc1ccc(Nc2nc([C@]3(C)C[C@H](CC(C)C)C(=O)O3)cs2)cc1. The number of ether oxygens (including phenoxy) is 2. The smallest absolute Gasteiger partial charge is 0.310 e. The van der Waals surface area contributed by atoms with Crippen molar-refractivity contribution in [2.24, 2.45) is 11.8 Å². The van der Waals surface area contributed by atoms with Gasteiger partial charge in [0, 0.05) is 17.5 Å². The number of cyclic esters (lactones) is 1. The van der Waals surface area contributed by atoms with Crippen LogP contribution in [0.2, 0.25) is 0 Å². The van der Waals surface area contributed by atoms with Crippen molar-refractivity contribution in [2.45, 2.75) is 46.1 Å². The Hall–Kier alpha value is -2.08. The third-order valence-electron chi connectivity index (χ3n) is 4.51. The number of carbonyl (C=O) groups excluding carboxylic acids is 1. The van der Waals surface area contributed by atoms with Crippen molar-refractivity contribution < 1.29 is 14.3 Å². The van der Waals surface area contributed by atoms with Crippen LogP contribution in [0, 0.1) is 11.8 Å². The fourth-order valence-corrected chi connectivity index (χ4v) is 4.16. The summed E-state index contributed by atoms with van der Waals surface area (Å²) < 4.78 is 11.2. The van der Waals surface area contributed by atoms with E-state index in [1.165, 1.54) is 11.3 Å². The van der Waals surface area contributed by atoms with Gasteiger partial charge in [0.2, 0.25) is 0 Å². The molecule has 140 valence electrons. The molecule has 0 radical (unpaired) electrons. The Morgan fingerprint density at radius 3 is 2.77 bits per heavy atom. The number of esters is 1. The number of benzene rings is 1. The quantitative estimate of drug-likeness (QED) is 0.683. The monoisotopic (exact) mass is 374 g/mol. The summed E-state index contributed by atoms with van der Waals surface area (Å²) in [5, 5.41) is 6.06. The zero-order valence-electron chi connectivity index (χ0n) is 15.7. The third-order valence-corrected chi connectivity index (χ3v) is 5.27. The second kappa shape index (κ2) is 7.66. The molecule has 2 heterocycles. The van der Waals surface area contributed by atoms with Gasteiger partial charge in [-0.3, -0.25) is 4.79 Å². The number of anilines is 2. The molecule has 1 aliphatic heterocycles. The molecule has 3 rings (SSSR count). The van der Waals surface area contributed by atoms with E-state index in [-0.39, 0.29) is 11.9 Å². The summed E-state index contributed by atoms with van der Waals surface area (Å²) in [6.07, 6.45) is 1.55. The molecule has 1 fully saturated rings. The molecule has 0 bridgehead atoms. The average molecular weight is 375 g/mol. The molecule has 0 unspecified atom stereocenters. The van der Waals surface area contributed by atoms with Gasteiger partial charge in [0.1, 0.15) is 5.75 Å².